The Hall–Kier alpha value is -3.57. The van der Waals surface area contributed by atoms with Crippen LogP contribution in [0.4, 0.5) is 8.78 Å². The number of amides is 1. The quantitative estimate of drug-likeness (QED) is 0.450. The van der Waals surface area contributed by atoms with Crippen LogP contribution in [-0.2, 0) is 17.7 Å². The van der Waals surface area contributed by atoms with Gasteiger partial charge in [-0.05, 0) is 53.3 Å². The van der Waals surface area contributed by atoms with Crippen molar-refractivity contribution in [2.24, 2.45) is 0 Å². The van der Waals surface area contributed by atoms with Crippen LogP contribution in [0, 0.1) is 11.6 Å². The zero-order chi connectivity index (χ0) is 26.1. The Kier molecular flexibility index (Phi) is 7.07. The van der Waals surface area contributed by atoms with Crippen LogP contribution in [0.1, 0.15) is 51.2 Å². The molecule has 0 spiro atoms. The Morgan fingerprint density at radius 3 is 2.76 bits per heavy atom. The molecule has 37 heavy (non-hydrogen) atoms. The molecule has 1 N–H and O–H groups in total. The summed E-state index contributed by atoms with van der Waals surface area (Å²) in [5.74, 6) is -3.47. The first kappa shape index (κ1) is 25.1. The van der Waals surface area contributed by atoms with Gasteiger partial charge in [0.2, 0.25) is 5.43 Å². The zero-order valence-corrected chi connectivity index (χ0v) is 20.7. The van der Waals surface area contributed by atoms with Gasteiger partial charge in [0.1, 0.15) is 18.3 Å². The minimum Gasteiger partial charge on any atom is -0.502 e. The number of aryl methyl sites for hydroxylation is 1. The Balaban J connectivity index is 1.47. The summed E-state index contributed by atoms with van der Waals surface area (Å²) in [5, 5.41) is 16.5. The number of fused-ring (bicyclic) bond motifs is 1. The molecule has 4 heterocycles. The summed E-state index contributed by atoms with van der Waals surface area (Å²) >= 11 is 1.51. The lowest BCUT2D eigenvalue weighted by Crippen LogP contribution is -2.55. The number of hydrogen-bond donors (Lipinski definition) is 1. The predicted molar refractivity (Wildman–Crippen MR) is 132 cm³/mol. The van der Waals surface area contributed by atoms with E-state index < -0.39 is 34.5 Å². The van der Waals surface area contributed by atoms with Gasteiger partial charge in [-0.3, -0.25) is 24.1 Å². The number of thiophene rings is 1. The van der Waals surface area contributed by atoms with E-state index >= 15 is 0 Å². The van der Waals surface area contributed by atoms with Crippen molar-refractivity contribution in [2.75, 3.05) is 24.8 Å². The summed E-state index contributed by atoms with van der Waals surface area (Å²) in [6, 6.07) is 5.00. The monoisotopic (exact) mass is 529 g/mol. The fourth-order valence-corrected chi connectivity index (χ4v) is 5.35. The van der Waals surface area contributed by atoms with Gasteiger partial charge in [0.15, 0.2) is 17.2 Å². The fraction of sp³-hybridized carbons (Fsp3) is 0.346. The molecule has 1 fully saturated rings. The van der Waals surface area contributed by atoms with Crippen LogP contribution in [0.15, 0.2) is 46.0 Å². The van der Waals surface area contributed by atoms with Gasteiger partial charge < -0.3 is 14.7 Å². The molecule has 2 aliphatic heterocycles. The average molecular weight is 530 g/mol. The third-order valence-corrected chi connectivity index (χ3v) is 7.36. The molecule has 1 atom stereocenters. The van der Waals surface area contributed by atoms with Crippen molar-refractivity contribution in [3.63, 3.8) is 0 Å². The molecular formula is C26H25F2N3O5S. The Labute approximate surface area is 215 Å². The summed E-state index contributed by atoms with van der Waals surface area (Å²) in [6.45, 7) is 1.47. The molecule has 2 aromatic heterocycles. The molecule has 0 bridgehead atoms. The Morgan fingerprint density at radius 1 is 1.22 bits per heavy atom. The van der Waals surface area contributed by atoms with Crippen molar-refractivity contribution < 1.29 is 28.2 Å². The predicted octanol–water partition coefficient (Wildman–Crippen LogP) is 3.44. The highest BCUT2D eigenvalue weighted by Crippen LogP contribution is 2.25. The number of carbonyl (C=O) groups excluding carboxylic acids is 2. The molecular weight excluding hydrogens is 504 g/mol. The largest absolute Gasteiger partial charge is 0.502 e. The molecule has 3 aromatic rings. The number of aromatic hydroxyl groups is 1. The van der Waals surface area contributed by atoms with Gasteiger partial charge in [0, 0.05) is 31.8 Å². The molecule has 8 nitrogen and oxygen atoms in total. The Bertz CT molecular complexity index is 1390. The highest BCUT2D eigenvalue weighted by molar-refractivity contribution is 7.07. The lowest BCUT2D eigenvalue weighted by atomic mass is 10.0. The standard InChI is InChI=1S/C26H25F2N3O5S/c27-18-5-3-17(21(28)10-18)4-6-22(32)20-13-31-23(25(34)24(20)33)26(35)29(12-19-2-1-8-36-19)15-30(31)11-16-7-9-37-14-16/h3,5,7,9-10,13-14,19,34H,1-2,4,6,8,11-12,15H2/t19-/m0/s1. The SMILES string of the molecule is O=C(CCc1ccc(F)cc1F)c1cn2c(c(O)c1=O)C(=O)N(C[C@@H]1CCCO1)CN2Cc1ccsc1. The number of halogens is 2. The van der Waals surface area contributed by atoms with Crippen molar-refractivity contribution in [1.82, 2.24) is 9.58 Å². The van der Waals surface area contributed by atoms with E-state index in [9.17, 15) is 28.3 Å². The van der Waals surface area contributed by atoms with Gasteiger partial charge in [-0.15, -0.1) is 0 Å². The molecule has 0 unspecified atom stereocenters. The van der Waals surface area contributed by atoms with E-state index in [1.54, 1.807) is 5.01 Å². The van der Waals surface area contributed by atoms with Crippen molar-refractivity contribution in [3.05, 3.63) is 85.5 Å². The number of ketones is 1. The van der Waals surface area contributed by atoms with Crippen LogP contribution < -0.4 is 10.4 Å². The second-order valence-electron chi connectivity index (χ2n) is 9.17. The topological polar surface area (TPSA) is 92.1 Å². The number of pyridine rings is 1. The van der Waals surface area contributed by atoms with E-state index in [0.717, 1.165) is 30.5 Å². The first-order valence-corrected chi connectivity index (χ1v) is 12.9. The third kappa shape index (κ3) is 5.14. The summed E-state index contributed by atoms with van der Waals surface area (Å²) in [7, 11) is 0. The highest BCUT2D eigenvalue weighted by atomic mass is 32.1. The number of rotatable bonds is 8. The third-order valence-electron chi connectivity index (χ3n) is 6.62. The molecule has 0 aliphatic carbocycles. The number of Topliss-reactive ketones (excluding diaryl/α,β-unsaturated/α-hetero) is 1. The van der Waals surface area contributed by atoms with Crippen LogP contribution in [0.2, 0.25) is 0 Å². The minimum absolute atomic E-state index is 0.0559. The zero-order valence-electron chi connectivity index (χ0n) is 19.9. The summed E-state index contributed by atoms with van der Waals surface area (Å²) in [6.07, 6.45) is 2.57. The van der Waals surface area contributed by atoms with Crippen LogP contribution in [0.25, 0.3) is 0 Å². The smallest absolute Gasteiger partial charge is 0.277 e. The van der Waals surface area contributed by atoms with Gasteiger partial charge in [0.05, 0.1) is 18.2 Å². The molecule has 11 heteroatoms. The van der Waals surface area contributed by atoms with Crippen LogP contribution >= 0.6 is 11.3 Å². The fourth-order valence-electron chi connectivity index (χ4n) is 4.69. The van der Waals surface area contributed by atoms with Crippen LogP contribution in [-0.4, -0.2) is 52.3 Å². The van der Waals surface area contributed by atoms with Crippen molar-refractivity contribution in [1.29, 1.82) is 0 Å². The summed E-state index contributed by atoms with van der Waals surface area (Å²) in [5.41, 5.74) is -0.389. The molecule has 2 aliphatic rings. The number of benzene rings is 1. The molecule has 1 saturated heterocycles. The number of ether oxygens (including phenoxy) is 1. The molecule has 0 saturated carbocycles. The van der Waals surface area contributed by atoms with Crippen molar-refractivity contribution in [3.8, 4) is 5.75 Å². The molecule has 0 radical (unpaired) electrons. The highest BCUT2D eigenvalue weighted by Gasteiger charge is 2.36. The van der Waals surface area contributed by atoms with Gasteiger partial charge in [-0.1, -0.05) is 6.07 Å². The Morgan fingerprint density at radius 2 is 2.05 bits per heavy atom. The molecule has 1 amide bonds. The van der Waals surface area contributed by atoms with Crippen molar-refractivity contribution in [2.45, 2.75) is 38.3 Å². The number of aromatic nitrogens is 1. The summed E-state index contributed by atoms with van der Waals surface area (Å²) < 4.78 is 34.3. The number of hydrogen-bond acceptors (Lipinski definition) is 7. The summed E-state index contributed by atoms with van der Waals surface area (Å²) in [4.78, 5) is 40.9. The van der Waals surface area contributed by atoms with Gasteiger partial charge in [-0.2, -0.15) is 11.3 Å². The lowest BCUT2D eigenvalue weighted by molar-refractivity contribution is 0.0455. The van der Waals surface area contributed by atoms with E-state index in [2.05, 4.69) is 0 Å². The normalized spacial score (nSPS) is 17.4. The number of nitrogens with zero attached hydrogens (tertiary/aromatic N) is 3. The maximum absolute atomic E-state index is 14.0. The van der Waals surface area contributed by atoms with E-state index in [0.29, 0.717) is 19.7 Å². The maximum atomic E-state index is 14.0. The average Bonchev–Trinajstić information content (AvgIpc) is 3.57. The van der Waals surface area contributed by atoms with Crippen molar-refractivity contribution >= 4 is 23.0 Å². The first-order valence-electron chi connectivity index (χ1n) is 11.9. The van der Waals surface area contributed by atoms with Gasteiger partial charge in [0.25, 0.3) is 5.91 Å². The second-order valence-corrected chi connectivity index (χ2v) is 9.95. The van der Waals surface area contributed by atoms with Gasteiger partial charge >= 0.3 is 0 Å². The second kappa shape index (κ2) is 10.4. The maximum Gasteiger partial charge on any atom is 0.277 e. The van der Waals surface area contributed by atoms with E-state index in [1.165, 1.54) is 33.2 Å². The molecule has 1 aromatic carbocycles. The van der Waals surface area contributed by atoms with E-state index in [4.69, 9.17) is 4.74 Å². The molecule has 194 valence electrons. The van der Waals surface area contributed by atoms with E-state index in [-0.39, 0.29) is 42.4 Å². The minimum atomic E-state index is -0.960. The van der Waals surface area contributed by atoms with Crippen LogP contribution in [0.3, 0.4) is 0 Å². The van der Waals surface area contributed by atoms with E-state index in [1.807, 2.05) is 16.8 Å². The first-order chi connectivity index (χ1) is 17.8. The lowest BCUT2D eigenvalue weighted by Gasteiger charge is -2.40. The number of carbonyl (C=O) groups is 2. The van der Waals surface area contributed by atoms with Gasteiger partial charge in [-0.25, -0.2) is 8.78 Å². The molecule has 5 rings (SSSR count). The van der Waals surface area contributed by atoms with Crippen LogP contribution in [0.5, 0.6) is 5.75 Å².